The Morgan fingerprint density at radius 3 is 2.21 bits per heavy atom. The van der Waals surface area contributed by atoms with Crippen molar-refractivity contribution in [3.05, 3.63) is 69.2 Å². The molecular weight excluding hydrogens is 254 g/mol. The Kier molecular flexibility index (Phi) is 4.28. The van der Waals surface area contributed by atoms with Crippen molar-refractivity contribution in [1.82, 2.24) is 0 Å². The fraction of sp³-hybridized carbons (Fsp3) is 0.294. The second-order valence-corrected chi connectivity index (χ2v) is 5.74. The summed E-state index contributed by atoms with van der Waals surface area (Å²) in [5.74, 6) is 0. The number of hydrogen-bond acceptors (Lipinski definition) is 1. The minimum absolute atomic E-state index is 0.0125. The Hall–Kier alpha value is -1.31. The van der Waals surface area contributed by atoms with Crippen LogP contribution in [0.25, 0.3) is 0 Å². The van der Waals surface area contributed by atoms with Crippen LogP contribution in [-0.4, -0.2) is 0 Å². The van der Waals surface area contributed by atoms with E-state index in [4.69, 9.17) is 17.3 Å². The first-order valence-electron chi connectivity index (χ1n) is 6.54. The lowest BCUT2D eigenvalue weighted by Crippen LogP contribution is -2.14. The van der Waals surface area contributed by atoms with Crippen molar-refractivity contribution in [3.8, 4) is 0 Å². The molecule has 0 heterocycles. The summed E-state index contributed by atoms with van der Waals surface area (Å²) in [6.07, 6.45) is 0.852. The molecule has 0 bridgehead atoms. The Balaban J connectivity index is 2.22. The van der Waals surface area contributed by atoms with E-state index in [-0.39, 0.29) is 6.04 Å². The molecule has 0 saturated carbocycles. The first kappa shape index (κ1) is 14.1. The predicted molar refractivity (Wildman–Crippen MR) is 82.7 cm³/mol. The van der Waals surface area contributed by atoms with Crippen molar-refractivity contribution in [2.24, 2.45) is 5.73 Å². The highest BCUT2D eigenvalue weighted by Gasteiger charge is 2.10. The summed E-state index contributed by atoms with van der Waals surface area (Å²) < 4.78 is 0. The number of hydrogen-bond donors (Lipinski definition) is 1. The van der Waals surface area contributed by atoms with Crippen molar-refractivity contribution in [2.45, 2.75) is 33.2 Å². The summed E-state index contributed by atoms with van der Waals surface area (Å²) in [5, 5.41) is 0.764. The average Bonchev–Trinajstić information content (AvgIpc) is 2.26. The molecule has 0 aliphatic carbocycles. The van der Waals surface area contributed by atoms with Crippen LogP contribution in [0.1, 0.15) is 33.9 Å². The second-order valence-electron chi connectivity index (χ2n) is 5.31. The van der Waals surface area contributed by atoms with E-state index in [2.05, 4.69) is 39.0 Å². The van der Waals surface area contributed by atoms with Crippen molar-refractivity contribution < 1.29 is 0 Å². The third-order valence-electron chi connectivity index (χ3n) is 3.37. The predicted octanol–water partition coefficient (Wildman–Crippen LogP) is 4.51. The van der Waals surface area contributed by atoms with Crippen LogP contribution in [0.2, 0.25) is 5.02 Å². The topological polar surface area (TPSA) is 26.0 Å². The molecule has 0 aromatic heterocycles. The smallest absolute Gasteiger partial charge is 0.0408 e. The SMILES string of the molecule is Cc1cc(C)cc(CC(N)c2ccc(Cl)cc2C)c1. The molecule has 0 fully saturated rings. The van der Waals surface area contributed by atoms with Crippen LogP contribution in [0.5, 0.6) is 0 Å². The van der Waals surface area contributed by atoms with Gasteiger partial charge in [0.25, 0.3) is 0 Å². The zero-order valence-electron chi connectivity index (χ0n) is 11.7. The second kappa shape index (κ2) is 5.77. The van der Waals surface area contributed by atoms with Crippen LogP contribution in [0.4, 0.5) is 0 Å². The van der Waals surface area contributed by atoms with Gasteiger partial charge >= 0.3 is 0 Å². The monoisotopic (exact) mass is 273 g/mol. The van der Waals surface area contributed by atoms with Gasteiger partial charge in [-0.1, -0.05) is 47.0 Å². The van der Waals surface area contributed by atoms with Crippen LogP contribution in [0.15, 0.2) is 36.4 Å². The van der Waals surface area contributed by atoms with E-state index in [1.165, 1.54) is 22.3 Å². The van der Waals surface area contributed by atoms with Crippen LogP contribution >= 0.6 is 11.6 Å². The standard InChI is InChI=1S/C17H20ClN/c1-11-6-12(2)8-14(7-11)10-17(19)16-5-4-15(18)9-13(16)3/h4-9,17H,10,19H2,1-3H3. The van der Waals surface area contributed by atoms with Gasteiger partial charge in [-0.25, -0.2) is 0 Å². The van der Waals surface area contributed by atoms with Gasteiger partial charge in [0.2, 0.25) is 0 Å². The maximum absolute atomic E-state index is 6.33. The number of rotatable bonds is 3. The summed E-state index contributed by atoms with van der Waals surface area (Å²) in [4.78, 5) is 0. The third kappa shape index (κ3) is 3.59. The highest BCUT2D eigenvalue weighted by molar-refractivity contribution is 6.30. The first-order chi connectivity index (χ1) is 8.95. The van der Waals surface area contributed by atoms with Crippen LogP contribution < -0.4 is 5.73 Å². The lowest BCUT2D eigenvalue weighted by molar-refractivity contribution is 0.716. The molecule has 0 spiro atoms. The van der Waals surface area contributed by atoms with Crippen molar-refractivity contribution in [3.63, 3.8) is 0 Å². The molecule has 0 aliphatic heterocycles. The van der Waals surface area contributed by atoms with Crippen molar-refractivity contribution in [1.29, 1.82) is 0 Å². The quantitative estimate of drug-likeness (QED) is 0.875. The Morgan fingerprint density at radius 1 is 1.00 bits per heavy atom. The minimum atomic E-state index is 0.0125. The molecule has 2 N–H and O–H groups in total. The van der Waals surface area contributed by atoms with E-state index in [0.29, 0.717) is 0 Å². The Morgan fingerprint density at radius 2 is 1.63 bits per heavy atom. The van der Waals surface area contributed by atoms with E-state index < -0.39 is 0 Å². The lowest BCUT2D eigenvalue weighted by atomic mass is 9.94. The molecule has 19 heavy (non-hydrogen) atoms. The van der Waals surface area contributed by atoms with Crippen LogP contribution in [0.3, 0.4) is 0 Å². The Bertz CT molecular complexity index is 570. The largest absolute Gasteiger partial charge is 0.324 e. The van der Waals surface area contributed by atoms with E-state index in [1.807, 2.05) is 18.2 Å². The van der Waals surface area contributed by atoms with Gasteiger partial charge in [-0.3, -0.25) is 0 Å². The van der Waals surface area contributed by atoms with Gasteiger partial charge in [-0.05, 0) is 56.0 Å². The normalized spacial score (nSPS) is 12.5. The summed E-state index contributed by atoms with van der Waals surface area (Å²) in [6, 6.07) is 12.5. The van der Waals surface area contributed by atoms with Gasteiger partial charge in [0.1, 0.15) is 0 Å². The molecule has 0 radical (unpaired) electrons. The molecule has 1 nitrogen and oxygen atoms in total. The molecule has 2 heteroatoms. The molecule has 0 amide bonds. The number of benzene rings is 2. The molecule has 2 rings (SSSR count). The molecule has 0 saturated heterocycles. The first-order valence-corrected chi connectivity index (χ1v) is 6.92. The molecule has 0 aliphatic rings. The zero-order chi connectivity index (χ0) is 14.0. The Labute approximate surface area is 120 Å². The van der Waals surface area contributed by atoms with Crippen LogP contribution in [0, 0.1) is 20.8 Å². The fourth-order valence-corrected chi connectivity index (χ4v) is 2.83. The third-order valence-corrected chi connectivity index (χ3v) is 3.60. The highest BCUT2D eigenvalue weighted by Crippen LogP contribution is 2.23. The van der Waals surface area contributed by atoms with Crippen molar-refractivity contribution >= 4 is 11.6 Å². The molecule has 2 aromatic carbocycles. The molecule has 1 unspecified atom stereocenters. The highest BCUT2D eigenvalue weighted by atomic mass is 35.5. The number of halogens is 1. The summed E-state index contributed by atoms with van der Waals surface area (Å²) in [6.45, 7) is 6.30. The molecule has 2 aromatic rings. The summed E-state index contributed by atoms with van der Waals surface area (Å²) in [5.41, 5.74) is 12.5. The van der Waals surface area contributed by atoms with Gasteiger partial charge in [-0.2, -0.15) is 0 Å². The lowest BCUT2D eigenvalue weighted by Gasteiger charge is -2.16. The molecular formula is C17H20ClN. The zero-order valence-corrected chi connectivity index (χ0v) is 12.5. The number of aryl methyl sites for hydroxylation is 3. The van der Waals surface area contributed by atoms with Crippen molar-refractivity contribution in [2.75, 3.05) is 0 Å². The van der Waals surface area contributed by atoms with Gasteiger partial charge in [0, 0.05) is 11.1 Å². The van der Waals surface area contributed by atoms with E-state index in [1.54, 1.807) is 0 Å². The molecule has 100 valence electrons. The molecule has 1 atom stereocenters. The average molecular weight is 274 g/mol. The van der Waals surface area contributed by atoms with Gasteiger partial charge in [0.15, 0.2) is 0 Å². The maximum atomic E-state index is 6.33. The number of nitrogens with two attached hydrogens (primary N) is 1. The minimum Gasteiger partial charge on any atom is -0.324 e. The van der Waals surface area contributed by atoms with Gasteiger partial charge in [-0.15, -0.1) is 0 Å². The van der Waals surface area contributed by atoms with E-state index >= 15 is 0 Å². The van der Waals surface area contributed by atoms with E-state index in [0.717, 1.165) is 17.0 Å². The fourth-order valence-electron chi connectivity index (χ4n) is 2.61. The van der Waals surface area contributed by atoms with Crippen LogP contribution in [-0.2, 0) is 6.42 Å². The van der Waals surface area contributed by atoms with E-state index in [9.17, 15) is 0 Å². The van der Waals surface area contributed by atoms with Gasteiger partial charge < -0.3 is 5.73 Å². The summed E-state index contributed by atoms with van der Waals surface area (Å²) in [7, 11) is 0. The maximum Gasteiger partial charge on any atom is 0.0408 e. The van der Waals surface area contributed by atoms with Gasteiger partial charge in [0.05, 0.1) is 0 Å². The summed E-state index contributed by atoms with van der Waals surface area (Å²) >= 11 is 5.98.